The molecule has 2 N–H and O–H groups in total. The number of hydrogen-bond donors (Lipinski definition) is 1. The first-order valence-corrected chi connectivity index (χ1v) is 6.53. The van der Waals surface area contributed by atoms with Gasteiger partial charge in [-0.3, -0.25) is 9.59 Å². The van der Waals surface area contributed by atoms with Gasteiger partial charge in [-0.1, -0.05) is 12.1 Å². The number of piperazine rings is 1. The van der Waals surface area contributed by atoms with Gasteiger partial charge in [-0.25, -0.2) is 0 Å². The molecular weight excluding hydrogens is 258 g/mol. The molecule has 0 atom stereocenters. The van der Waals surface area contributed by atoms with Gasteiger partial charge in [-0.05, 0) is 17.7 Å². The van der Waals surface area contributed by atoms with E-state index in [1.807, 2.05) is 24.3 Å². The van der Waals surface area contributed by atoms with Gasteiger partial charge in [0.15, 0.2) is 0 Å². The zero-order valence-electron chi connectivity index (χ0n) is 11.5. The van der Waals surface area contributed by atoms with Crippen molar-refractivity contribution in [2.24, 2.45) is 5.73 Å². The van der Waals surface area contributed by atoms with Crippen LogP contribution in [0.5, 0.6) is 5.75 Å². The van der Waals surface area contributed by atoms with Crippen LogP contribution < -0.4 is 10.5 Å². The number of nitrogens with two attached hydrogens (primary N) is 1. The summed E-state index contributed by atoms with van der Waals surface area (Å²) in [5, 5.41) is 0. The van der Waals surface area contributed by atoms with Gasteiger partial charge in [-0.2, -0.15) is 0 Å². The smallest absolute Gasteiger partial charge is 0.242 e. The summed E-state index contributed by atoms with van der Waals surface area (Å²) in [5.41, 5.74) is 6.56. The first kappa shape index (κ1) is 14.3. The average molecular weight is 277 g/mol. The van der Waals surface area contributed by atoms with Crippen LogP contribution in [-0.2, 0) is 16.1 Å². The SMILES string of the molecule is CN1CC(=O)N(CCOc2ccc(CN)cc2)CC1=O. The zero-order chi connectivity index (χ0) is 14.5. The molecule has 0 aliphatic carbocycles. The minimum atomic E-state index is -0.0471. The second-order valence-electron chi connectivity index (χ2n) is 4.76. The average Bonchev–Trinajstić information content (AvgIpc) is 2.45. The molecule has 0 spiro atoms. The first-order chi connectivity index (χ1) is 9.60. The maximum atomic E-state index is 11.7. The molecule has 1 aromatic carbocycles. The van der Waals surface area contributed by atoms with Crippen LogP contribution in [0.2, 0.25) is 0 Å². The molecule has 1 aromatic rings. The van der Waals surface area contributed by atoms with Crippen LogP contribution in [0.1, 0.15) is 5.56 Å². The molecule has 0 radical (unpaired) electrons. The van der Waals surface area contributed by atoms with E-state index >= 15 is 0 Å². The topological polar surface area (TPSA) is 75.9 Å². The fourth-order valence-electron chi connectivity index (χ4n) is 1.96. The Morgan fingerprint density at radius 3 is 2.50 bits per heavy atom. The lowest BCUT2D eigenvalue weighted by atomic mass is 10.2. The van der Waals surface area contributed by atoms with E-state index in [0.29, 0.717) is 19.7 Å². The fourth-order valence-corrected chi connectivity index (χ4v) is 1.96. The van der Waals surface area contributed by atoms with E-state index in [-0.39, 0.29) is 24.9 Å². The Morgan fingerprint density at radius 2 is 1.85 bits per heavy atom. The van der Waals surface area contributed by atoms with E-state index in [0.717, 1.165) is 11.3 Å². The molecule has 0 bridgehead atoms. The molecule has 6 nitrogen and oxygen atoms in total. The standard InChI is InChI=1S/C14H19N3O3/c1-16-9-14(19)17(10-13(16)18)6-7-20-12-4-2-11(8-15)3-5-12/h2-5H,6-10,15H2,1H3. The highest BCUT2D eigenvalue weighted by molar-refractivity contribution is 5.92. The first-order valence-electron chi connectivity index (χ1n) is 6.53. The molecule has 2 amide bonds. The van der Waals surface area contributed by atoms with E-state index in [2.05, 4.69) is 0 Å². The molecule has 1 fully saturated rings. The molecule has 108 valence electrons. The van der Waals surface area contributed by atoms with Crippen LogP contribution in [0.25, 0.3) is 0 Å². The third-order valence-electron chi connectivity index (χ3n) is 3.27. The number of rotatable bonds is 5. The lowest BCUT2D eigenvalue weighted by molar-refractivity contribution is -0.149. The minimum Gasteiger partial charge on any atom is -0.492 e. The highest BCUT2D eigenvalue weighted by Crippen LogP contribution is 2.12. The van der Waals surface area contributed by atoms with Gasteiger partial charge < -0.3 is 20.3 Å². The molecule has 1 aliphatic heterocycles. The number of hydrogen-bond acceptors (Lipinski definition) is 4. The fraction of sp³-hybridized carbons (Fsp3) is 0.429. The Labute approximate surface area is 118 Å². The summed E-state index contributed by atoms with van der Waals surface area (Å²) < 4.78 is 5.56. The lowest BCUT2D eigenvalue weighted by Gasteiger charge is -2.31. The highest BCUT2D eigenvalue weighted by Gasteiger charge is 2.26. The number of amides is 2. The highest BCUT2D eigenvalue weighted by atomic mass is 16.5. The largest absolute Gasteiger partial charge is 0.492 e. The Bertz CT molecular complexity index is 487. The van der Waals surface area contributed by atoms with E-state index in [9.17, 15) is 9.59 Å². The van der Waals surface area contributed by atoms with Crippen molar-refractivity contribution in [3.05, 3.63) is 29.8 Å². The summed E-state index contributed by atoms with van der Waals surface area (Å²) in [6.45, 7) is 1.55. The lowest BCUT2D eigenvalue weighted by Crippen LogP contribution is -2.53. The van der Waals surface area contributed by atoms with E-state index in [4.69, 9.17) is 10.5 Å². The van der Waals surface area contributed by atoms with Crippen molar-refractivity contribution >= 4 is 11.8 Å². The van der Waals surface area contributed by atoms with Crippen LogP contribution in [0.4, 0.5) is 0 Å². The normalized spacial score (nSPS) is 15.7. The van der Waals surface area contributed by atoms with E-state index in [1.54, 1.807) is 7.05 Å². The molecule has 0 unspecified atom stereocenters. The molecule has 20 heavy (non-hydrogen) atoms. The second-order valence-corrected chi connectivity index (χ2v) is 4.76. The number of carbonyl (C=O) groups is 2. The Hall–Kier alpha value is -2.08. The van der Waals surface area contributed by atoms with Gasteiger partial charge in [0.2, 0.25) is 11.8 Å². The summed E-state index contributed by atoms with van der Waals surface area (Å²) in [5.74, 6) is 0.640. The third-order valence-corrected chi connectivity index (χ3v) is 3.27. The summed E-state index contributed by atoms with van der Waals surface area (Å²) in [6, 6.07) is 7.50. The van der Waals surface area contributed by atoms with Gasteiger partial charge in [0.05, 0.1) is 19.6 Å². The van der Waals surface area contributed by atoms with Crippen molar-refractivity contribution < 1.29 is 14.3 Å². The van der Waals surface area contributed by atoms with Crippen molar-refractivity contribution in [1.29, 1.82) is 0 Å². The van der Waals surface area contributed by atoms with Crippen molar-refractivity contribution in [2.45, 2.75) is 6.54 Å². The number of benzene rings is 1. The molecule has 1 heterocycles. The summed E-state index contributed by atoms with van der Waals surface area (Å²) >= 11 is 0. The monoisotopic (exact) mass is 277 g/mol. The maximum Gasteiger partial charge on any atom is 0.242 e. The number of nitrogens with zero attached hydrogens (tertiary/aromatic N) is 2. The Balaban J connectivity index is 1.80. The summed E-state index contributed by atoms with van der Waals surface area (Å²) in [7, 11) is 1.63. The summed E-state index contributed by atoms with van der Waals surface area (Å²) in [4.78, 5) is 26.2. The number of ether oxygens (including phenoxy) is 1. The van der Waals surface area contributed by atoms with Gasteiger partial charge in [0.25, 0.3) is 0 Å². The Kier molecular flexibility index (Phi) is 4.57. The zero-order valence-corrected chi connectivity index (χ0v) is 11.5. The van der Waals surface area contributed by atoms with Crippen LogP contribution in [-0.4, -0.2) is 54.9 Å². The third kappa shape index (κ3) is 3.48. The molecule has 1 saturated heterocycles. The van der Waals surface area contributed by atoms with Crippen molar-refractivity contribution in [1.82, 2.24) is 9.80 Å². The quantitative estimate of drug-likeness (QED) is 0.810. The predicted molar refractivity (Wildman–Crippen MR) is 74.0 cm³/mol. The molecule has 6 heteroatoms. The molecule has 0 aromatic heterocycles. The van der Waals surface area contributed by atoms with Crippen LogP contribution in [0.15, 0.2) is 24.3 Å². The van der Waals surface area contributed by atoms with Crippen LogP contribution in [0.3, 0.4) is 0 Å². The second kappa shape index (κ2) is 6.38. The predicted octanol–water partition coefficient (Wildman–Crippen LogP) is -0.175. The van der Waals surface area contributed by atoms with Crippen molar-refractivity contribution in [3.63, 3.8) is 0 Å². The van der Waals surface area contributed by atoms with Gasteiger partial charge >= 0.3 is 0 Å². The van der Waals surface area contributed by atoms with Crippen molar-refractivity contribution in [3.8, 4) is 5.75 Å². The minimum absolute atomic E-state index is 0.0445. The van der Waals surface area contributed by atoms with Crippen LogP contribution >= 0.6 is 0 Å². The maximum absolute atomic E-state index is 11.7. The molecular formula is C14H19N3O3. The van der Waals surface area contributed by atoms with Gasteiger partial charge in [0, 0.05) is 13.6 Å². The van der Waals surface area contributed by atoms with Gasteiger partial charge in [-0.15, -0.1) is 0 Å². The van der Waals surface area contributed by atoms with Crippen molar-refractivity contribution in [2.75, 3.05) is 33.3 Å². The summed E-state index contributed by atoms with van der Waals surface area (Å²) in [6.07, 6.45) is 0. The van der Waals surface area contributed by atoms with E-state index in [1.165, 1.54) is 9.80 Å². The number of carbonyl (C=O) groups excluding carboxylic acids is 2. The van der Waals surface area contributed by atoms with Crippen LogP contribution in [0, 0.1) is 0 Å². The van der Waals surface area contributed by atoms with E-state index < -0.39 is 0 Å². The molecule has 2 rings (SSSR count). The molecule has 0 saturated carbocycles. The molecule has 1 aliphatic rings. The Morgan fingerprint density at radius 1 is 1.15 bits per heavy atom. The van der Waals surface area contributed by atoms with Gasteiger partial charge in [0.1, 0.15) is 12.4 Å². The number of likely N-dealkylation sites (N-methyl/N-ethyl adjacent to an activating group) is 1.